The molecule has 0 spiro atoms. The third kappa shape index (κ3) is 2.42. The number of aromatic hydroxyl groups is 1. The summed E-state index contributed by atoms with van der Waals surface area (Å²) in [6.45, 7) is 3.23. The van der Waals surface area contributed by atoms with E-state index in [1.165, 1.54) is 0 Å². The van der Waals surface area contributed by atoms with E-state index in [0.717, 1.165) is 18.5 Å². The van der Waals surface area contributed by atoms with Gasteiger partial charge in [-0.1, -0.05) is 25.1 Å². The Morgan fingerprint density at radius 1 is 1.47 bits per heavy atom. The molecule has 4 nitrogen and oxygen atoms in total. The average molecular weight is 235 g/mol. The first-order valence-electron chi connectivity index (χ1n) is 5.83. The molecule has 17 heavy (non-hydrogen) atoms. The van der Waals surface area contributed by atoms with Gasteiger partial charge in [-0.3, -0.25) is 9.69 Å². The number of nitrogens with zero attached hydrogens (tertiary/aromatic N) is 1. The van der Waals surface area contributed by atoms with E-state index in [2.05, 4.69) is 0 Å². The first-order valence-corrected chi connectivity index (χ1v) is 5.83. The molecule has 2 rings (SSSR count). The van der Waals surface area contributed by atoms with Crippen molar-refractivity contribution in [1.82, 2.24) is 4.90 Å². The second-order valence-electron chi connectivity index (χ2n) is 4.65. The van der Waals surface area contributed by atoms with E-state index in [-0.39, 0.29) is 11.7 Å². The largest absolute Gasteiger partial charge is 0.508 e. The van der Waals surface area contributed by atoms with Gasteiger partial charge in [0.05, 0.1) is 0 Å². The molecule has 0 bridgehead atoms. The van der Waals surface area contributed by atoms with Crippen LogP contribution < -0.4 is 0 Å². The molecular formula is C13H17NO3. The fraction of sp³-hybridized carbons (Fsp3) is 0.462. The van der Waals surface area contributed by atoms with Crippen molar-refractivity contribution in [2.45, 2.75) is 25.9 Å². The highest BCUT2D eigenvalue weighted by Crippen LogP contribution is 2.28. The number of carbonyl (C=O) groups is 1. The van der Waals surface area contributed by atoms with Crippen LogP contribution in [0.25, 0.3) is 0 Å². The molecule has 0 radical (unpaired) electrons. The number of carboxylic acid groups (broad SMARTS) is 1. The molecule has 0 aromatic heterocycles. The summed E-state index contributed by atoms with van der Waals surface area (Å²) in [7, 11) is 0. The number of hydrogen-bond donors (Lipinski definition) is 2. The zero-order valence-electron chi connectivity index (χ0n) is 9.84. The summed E-state index contributed by atoms with van der Waals surface area (Å²) < 4.78 is 0. The van der Waals surface area contributed by atoms with Crippen molar-refractivity contribution >= 4 is 5.97 Å². The van der Waals surface area contributed by atoms with Crippen LogP contribution >= 0.6 is 0 Å². The molecule has 1 aliphatic heterocycles. The predicted octanol–water partition coefficient (Wildman–Crippen LogP) is 1.69. The van der Waals surface area contributed by atoms with E-state index in [1.54, 1.807) is 12.1 Å². The van der Waals surface area contributed by atoms with Crippen LogP contribution in [-0.2, 0) is 11.3 Å². The van der Waals surface area contributed by atoms with Crippen LogP contribution in [0.5, 0.6) is 5.75 Å². The van der Waals surface area contributed by atoms with Gasteiger partial charge in [0, 0.05) is 12.1 Å². The van der Waals surface area contributed by atoms with Gasteiger partial charge in [0.25, 0.3) is 0 Å². The van der Waals surface area contributed by atoms with E-state index in [9.17, 15) is 15.0 Å². The highest BCUT2D eigenvalue weighted by Gasteiger charge is 2.36. The van der Waals surface area contributed by atoms with Gasteiger partial charge in [0.1, 0.15) is 11.8 Å². The van der Waals surface area contributed by atoms with Gasteiger partial charge >= 0.3 is 5.97 Å². The van der Waals surface area contributed by atoms with Crippen molar-refractivity contribution in [3.05, 3.63) is 29.8 Å². The molecule has 1 aromatic carbocycles. The van der Waals surface area contributed by atoms with Crippen LogP contribution in [0, 0.1) is 5.92 Å². The third-order valence-electron chi connectivity index (χ3n) is 3.42. The van der Waals surface area contributed by atoms with E-state index >= 15 is 0 Å². The molecule has 2 N–H and O–H groups in total. The van der Waals surface area contributed by atoms with Crippen LogP contribution in [-0.4, -0.2) is 33.7 Å². The SMILES string of the molecule is CC1CCN(Cc2ccccc2O)C1C(=O)O. The molecule has 1 saturated heterocycles. The van der Waals surface area contributed by atoms with Gasteiger partial charge < -0.3 is 10.2 Å². The van der Waals surface area contributed by atoms with Crippen LogP contribution in [0.4, 0.5) is 0 Å². The molecule has 0 saturated carbocycles. The number of rotatable bonds is 3. The highest BCUT2D eigenvalue weighted by molar-refractivity contribution is 5.74. The monoisotopic (exact) mass is 235 g/mol. The quantitative estimate of drug-likeness (QED) is 0.837. The number of phenols is 1. The van der Waals surface area contributed by atoms with E-state index in [4.69, 9.17) is 0 Å². The third-order valence-corrected chi connectivity index (χ3v) is 3.42. The Balaban J connectivity index is 2.14. The van der Waals surface area contributed by atoms with Gasteiger partial charge in [-0.15, -0.1) is 0 Å². The molecule has 4 heteroatoms. The van der Waals surface area contributed by atoms with Crippen LogP contribution in [0.2, 0.25) is 0 Å². The average Bonchev–Trinajstić information content (AvgIpc) is 2.63. The number of carboxylic acids is 1. The van der Waals surface area contributed by atoms with E-state index < -0.39 is 12.0 Å². The fourth-order valence-corrected chi connectivity index (χ4v) is 2.47. The Morgan fingerprint density at radius 2 is 2.18 bits per heavy atom. The van der Waals surface area contributed by atoms with Crippen molar-refractivity contribution in [2.75, 3.05) is 6.54 Å². The molecule has 0 aliphatic carbocycles. The minimum Gasteiger partial charge on any atom is -0.508 e. The Morgan fingerprint density at radius 3 is 2.82 bits per heavy atom. The standard InChI is InChI=1S/C13H17NO3/c1-9-6-7-14(12(9)13(16)17)8-10-4-2-3-5-11(10)15/h2-5,9,12,15H,6-8H2,1H3,(H,16,17). The number of likely N-dealkylation sites (tertiary alicyclic amines) is 1. The van der Waals surface area contributed by atoms with Gasteiger partial charge in [-0.2, -0.15) is 0 Å². The van der Waals surface area contributed by atoms with E-state index in [1.807, 2.05) is 24.0 Å². The van der Waals surface area contributed by atoms with Crippen molar-refractivity contribution in [3.63, 3.8) is 0 Å². The number of phenolic OH excluding ortho intramolecular Hbond substituents is 1. The summed E-state index contributed by atoms with van der Waals surface area (Å²) in [5.41, 5.74) is 0.785. The Hall–Kier alpha value is -1.55. The van der Waals surface area contributed by atoms with Gasteiger partial charge in [0.2, 0.25) is 0 Å². The number of benzene rings is 1. The van der Waals surface area contributed by atoms with Crippen molar-refractivity contribution < 1.29 is 15.0 Å². The lowest BCUT2D eigenvalue weighted by molar-refractivity contribution is -0.143. The Bertz CT molecular complexity index is 419. The van der Waals surface area contributed by atoms with Crippen LogP contribution in [0.15, 0.2) is 24.3 Å². The fourth-order valence-electron chi connectivity index (χ4n) is 2.47. The molecule has 0 amide bonds. The van der Waals surface area contributed by atoms with E-state index in [0.29, 0.717) is 6.54 Å². The Labute approximate surface area is 100 Å². The summed E-state index contributed by atoms with van der Waals surface area (Å²) in [6, 6.07) is 6.64. The van der Waals surface area contributed by atoms with Gasteiger partial charge in [-0.05, 0) is 24.9 Å². The maximum atomic E-state index is 11.2. The van der Waals surface area contributed by atoms with Gasteiger partial charge in [-0.25, -0.2) is 0 Å². The van der Waals surface area contributed by atoms with Crippen molar-refractivity contribution in [2.24, 2.45) is 5.92 Å². The van der Waals surface area contributed by atoms with Gasteiger partial charge in [0.15, 0.2) is 0 Å². The second kappa shape index (κ2) is 4.75. The zero-order chi connectivity index (χ0) is 12.4. The lowest BCUT2D eigenvalue weighted by Crippen LogP contribution is -2.38. The molecule has 2 unspecified atom stereocenters. The summed E-state index contributed by atoms with van der Waals surface area (Å²) in [6.07, 6.45) is 0.893. The number of hydrogen-bond acceptors (Lipinski definition) is 3. The molecule has 2 atom stereocenters. The maximum Gasteiger partial charge on any atom is 0.321 e. The van der Waals surface area contributed by atoms with Crippen molar-refractivity contribution in [1.29, 1.82) is 0 Å². The highest BCUT2D eigenvalue weighted by atomic mass is 16.4. The lowest BCUT2D eigenvalue weighted by Gasteiger charge is -2.23. The smallest absolute Gasteiger partial charge is 0.321 e. The normalized spacial score (nSPS) is 25.0. The summed E-state index contributed by atoms with van der Waals surface area (Å²) in [5, 5.41) is 18.9. The lowest BCUT2D eigenvalue weighted by atomic mass is 10.0. The maximum absolute atomic E-state index is 11.2. The molecule has 92 valence electrons. The summed E-state index contributed by atoms with van der Waals surface area (Å²) in [5.74, 6) is -0.375. The molecule has 1 aliphatic rings. The number of aliphatic carboxylic acids is 1. The molecule has 1 heterocycles. The predicted molar refractivity (Wildman–Crippen MR) is 63.7 cm³/mol. The summed E-state index contributed by atoms with van der Waals surface area (Å²) >= 11 is 0. The topological polar surface area (TPSA) is 60.8 Å². The molecular weight excluding hydrogens is 218 g/mol. The van der Waals surface area contributed by atoms with Crippen molar-refractivity contribution in [3.8, 4) is 5.75 Å². The first kappa shape index (κ1) is 11.9. The number of para-hydroxylation sites is 1. The minimum atomic E-state index is -0.773. The summed E-state index contributed by atoms with van der Waals surface area (Å²) in [4.78, 5) is 13.1. The van der Waals surface area contributed by atoms with Crippen LogP contribution in [0.1, 0.15) is 18.9 Å². The second-order valence-corrected chi connectivity index (χ2v) is 4.65. The first-order chi connectivity index (χ1) is 8.09. The van der Waals surface area contributed by atoms with Crippen LogP contribution in [0.3, 0.4) is 0 Å². The molecule has 1 fully saturated rings. The Kier molecular flexibility index (Phi) is 3.33. The minimum absolute atomic E-state index is 0.165. The molecule has 1 aromatic rings. The zero-order valence-corrected chi connectivity index (χ0v) is 9.84.